The predicted octanol–water partition coefficient (Wildman–Crippen LogP) is 1.23. The molecule has 29 heavy (non-hydrogen) atoms. The predicted molar refractivity (Wildman–Crippen MR) is 102 cm³/mol. The standard InChI is InChI=1S/C18H17N7O4/c1-28-17(26)11-7-12(18(27)29-2)9-13(8-11)24-15-14(21)16(23-10-22-15)25(5-3-19)6-4-20/h7-10H,5-6,21H2,1-2H3,(H,22,23,24). The molecule has 0 aliphatic heterocycles. The molecule has 0 bridgehead atoms. The molecule has 11 heteroatoms. The van der Waals surface area contributed by atoms with Crippen LogP contribution in [0, 0.1) is 22.7 Å². The zero-order valence-corrected chi connectivity index (χ0v) is 15.7. The minimum Gasteiger partial charge on any atom is -0.465 e. The molecule has 2 rings (SSSR count). The van der Waals surface area contributed by atoms with Crippen molar-refractivity contribution in [2.24, 2.45) is 0 Å². The van der Waals surface area contributed by atoms with E-state index in [2.05, 4.69) is 15.3 Å². The Balaban J connectivity index is 2.47. The smallest absolute Gasteiger partial charge is 0.337 e. The molecule has 0 aliphatic rings. The van der Waals surface area contributed by atoms with Crippen molar-refractivity contribution >= 4 is 34.9 Å². The van der Waals surface area contributed by atoms with Crippen molar-refractivity contribution in [2.75, 3.05) is 43.3 Å². The number of anilines is 4. The first-order chi connectivity index (χ1) is 13.9. The number of nitrogens with one attached hydrogen (secondary N) is 1. The summed E-state index contributed by atoms with van der Waals surface area (Å²) in [7, 11) is 2.43. The van der Waals surface area contributed by atoms with Crippen molar-refractivity contribution in [1.82, 2.24) is 9.97 Å². The topological polar surface area (TPSA) is 167 Å². The molecule has 3 N–H and O–H groups in total. The van der Waals surface area contributed by atoms with Crippen molar-refractivity contribution in [3.8, 4) is 12.1 Å². The molecule has 0 aliphatic carbocycles. The Kier molecular flexibility index (Phi) is 6.87. The Morgan fingerprint density at radius 2 is 1.62 bits per heavy atom. The van der Waals surface area contributed by atoms with Gasteiger partial charge in [0.1, 0.15) is 25.1 Å². The molecule has 1 heterocycles. The van der Waals surface area contributed by atoms with Gasteiger partial charge in [-0.05, 0) is 18.2 Å². The largest absolute Gasteiger partial charge is 0.465 e. The van der Waals surface area contributed by atoms with Gasteiger partial charge in [-0.25, -0.2) is 19.6 Å². The van der Waals surface area contributed by atoms with E-state index in [0.717, 1.165) is 0 Å². The fraction of sp³-hybridized carbons (Fsp3) is 0.222. The lowest BCUT2D eigenvalue weighted by Crippen LogP contribution is -2.26. The van der Waals surface area contributed by atoms with Crippen molar-refractivity contribution in [2.45, 2.75) is 0 Å². The summed E-state index contributed by atoms with van der Waals surface area (Å²) >= 11 is 0. The molecule has 0 spiro atoms. The lowest BCUT2D eigenvalue weighted by molar-refractivity contribution is 0.0599. The van der Waals surface area contributed by atoms with E-state index in [1.807, 2.05) is 12.1 Å². The molecule has 0 atom stereocenters. The van der Waals surface area contributed by atoms with Crippen molar-refractivity contribution in [1.29, 1.82) is 10.5 Å². The second-order valence-electron chi connectivity index (χ2n) is 5.54. The third-order valence-electron chi connectivity index (χ3n) is 3.72. The molecule has 1 aromatic heterocycles. The monoisotopic (exact) mass is 395 g/mol. The van der Waals surface area contributed by atoms with Gasteiger partial charge in [-0.1, -0.05) is 0 Å². The van der Waals surface area contributed by atoms with Crippen LogP contribution in [-0.4, -0.2) is 49.2 Å². The minimum atomic E-state index is -0.649. The van der Waals surface area contributed by atoms with Gasteiger partial charge in [0, 0.05) is 5.69 Å². The Bertz CT molecular complexity index is 960. The maximum Gasteiger partial charge on any atom is 0.337 e. The highest BCUT2D eigenvalue weighted by Gasteiger charge is 2.17. The molecule has 1 aromatic carbocycles. The first-order valence-electron chi connectivity index (χ1n) is 8.13. The number of nitrogens with two attached hydrogens (primary N) is 1. The molecule has 11 nitrogen and oxygen atoms in total. The number of hydrogen-bond acceptors (Lipinski definition) is 11. The molecule has 0 saturated heterocycles. The molecule has 0 fully saturated rings. The van der Waals surface area contributed by atoms with E-state index in [9.17, 15) is 9.59 Å². The molecule has 0 amide bonds. The fourth-order valence-electron chi connectivity index (χ4n) is 2.42. The van der Waals surface area contributed by atoms with Crippen LogP contribution in [0.3, 0.4) is 0 Å². The molecule has 2 aromatic rings. The van der Waals surface area contributed by atoms with Crippen LogP contribution in [0.2, 0.25) is 0 Å². The quantitative estimate of drug-likeness (QED) is 0.511. The summed E-state index contributed by atoms with van der Waals surface area (Å²) in [5, 5.41) is 20.8. The summed E-state index contributed by atoms with van der Waals surface area (Å²) in [5.74, 6) is -0.939. The molecule has 0 radical (unpaired) electrons. The SMILES string of the molecule is COC(=O)c1cc(Nc2ncnc(N(CC#N)CC#N)c2N)cc(C(=O)OC)c1. The normalized spacial score (nSPS) is 9.66. The van der Waals surface area contributed by atoms with E-state index in [4.69, 9.17) is 25.7 Å². The summed E-state index contributed by atoms with van der Waals surface area (Å²) in [6.45, 7) is -0.197. The van der Waals surface area contributed by atoms with Crippen LogP contribution in [0.25, 0.3) is 0 Å². The van der Waals surface area contributed by atoms with E-state index >= 15 is 0 Å². The Morgan fingerprint density at radius 1 is 1.07 bits per heavy atom. The summed E-state index contributed by atoms with van der Waals surface area (Å²) in [4.78, 5) is 33.3. The lowest BCUT2D eigenvalue weighted by Gasteiger charge is -2.20. The van der Waals surface area contributed by atoms with Crippen LogP contribution in [0.1, 0.15) is 20.7 Å². The van der Waals surface area contributed by atoms with Crippen LogP contribution in [0.5, 0.6) is 0 Å². The summed E-state index contributed by atoms with van der Waals surface area (Å²) < 4.78 is 9.40. The minimum absolute atomic E-state index is 0.0843. The number of carbonyl (C=O) groups is 2. The first-order valence-corrected chi connectivity index (χ1v) is 8.13. The number of benzene rings is 1. The molecular weight excluding hydrogens is 378 g/mol. The van der Waals surface area contributed by atoms with Crippen molar-refractivity contribution < 1.29 is 19.1 Å². The number of carbonyl (C=O) groups excluding carboxylic acids is 2. The van der Waals surface area contributed by atoms with E-state index in [-0.39, 0.29) is 41.5 Å². The highest BCUT2D eigenvalue weighted by molar-refractivity contribution is 5.97. The second-order valence-corrected chi connectivity index (χ2v) is 5.54. The summed E-state index contributed by atoms with van der Waals surface area (Å²) in [6.07, 6.45) is 1.21. The van der Waals surface area contributed by atoms with Gasteiger partial charge in [-0.2, -0.15) is 10.5 Å². The lowest BCUT2D eigenvalue weighted by atomic mass is 10.1. The van der Waals surface area contributed by atoms with Gasteiger partial charge in [0.2, 0.25) is 0 Å². The van der Waals surface area contributed by atoms with E-state index in [1.165, 1.54) is 43.6 Å². The van der Waals surface area contributed by atoms with E-state index in [1.54, 1.807) is 0 Å². The maximum absolute atomic E-state index is 11.9. The van der Waals surface area contributed by atoms with Crippen molar-refractivity contribution in [3.63, 3.8) is 0 Å². The maximum atomic E-state index is 11.9. The molecule has 148 valence electrons. The molecular formula is C18H17N7O4. The van der Waals surface area contributed by atoms with Crippen molar-refractivity contribution in [3.05, 3.63) is 35.7 Å². The van der Waals surface area contributed by atoms with Gasteiger partial charge in [0.25, 0.3) is 0 Å². The van der Waals surface area contributed by atoms with Crippen LogP contribution >= 0.6 is 0 Å². The van der Waals surface area contributed by atoms with Gasteiger partial charge >= 0.3 is 11.9 Å². The first kappa shape index (κ1) is 20.9. The zero-order valence-electron chi connectivity index (χ0n) is 15.7. The Morgan fingerprint density at radius 3 is 2.10 bits per heavy atom. The van der Waals surface area contributed by atoms with Gasteiger partial charge in [-0.3, -0.25) is 0 Å². The van der Waals surface area contributed by atoms with Crippen LogP contribution in [-0.2, 0) is 9.47 Å². The van der Waals surface area contributed by atoms with E-state index < -0.39 is 11.9 Å². The number of methoxy groups -OCH3 is 2. The number of nitriles is 2. The van der Waals surface area contributed by atoms with Crippen LogP contribution in [0.15, 0.2) is 24.5 Å². The highest BCUT2D eigenvalue weighted by Crippen LogP contribution is 2.29. The second kappa shape index (κ2) is 9.53. The van der Waals surface area contributed by atoms with Gasteiger partial charge in [0.05, 0.1) is 37.5 Å². The highest BCUT2D eigenvalue weighted by atomic mass is 16.5. The average molecular weight is 395 g/mol. The number of nitrogen functional groups attached to an aromatic ring is 1. The third-order valence-corrected chi connectivity index (χ3v) is 3.72. The number of hydrogen-bond donors (Lipinski definition) is 2. The summed E-state index contributed by atoms with van der Waals surface area (Å²) in [6, 6.07) is 8.10. The third kappa shape index (κ3) is 4.87. The van der Waals surface area contributed by atoms with Gasteiger partial charge < -0.3 is 25.4 Å². The van der Waals surface area contributed by atoms with Gasteiger partial charge in [-0.15, -0.1) is 0 Å². The van der Waals surface area contributed by atoms with Crippen LogP contribution in [0.4, 0.5) is 23.0 Å². The number of aromatic nitrogens is 2. The van der Waals surface area contributed by atoms with E-state index in [0.29, 0.717) is 5.69 Å². The zero-order chi connectivity index (χ0) is 21.4. The number of nitrogens with zero attached hydrogens (tertiary/aromatic N) is 5. The van der Waals surface area contributed by atoms with Gasteiger partial charge in [0.15, 0.2) is 11.6 Å². The average Bonchev–Trinajstić information content (AvgIpc) is 2.73. The Labute approximate surface area is 166 Å². The number of rotatable bonds is 7. The molecule has 0 unspecified atom stereocenters. The molecule has 0 saturated carbocycles. The van der Waals surface area contributed by atoms with Crippen LogP contribution < -0.4 is 16.0 Å². The fourth-order valence-corrected chi connectivity index (χ4v) is 2.42. The Hall–Kier alpha value is -4.38. The number of esters is 2. The number of ether oxygens (including phenoxy) is 2. The summed E-state index contributed by atoms with van der Waals surface area (Å²) in [5.41, 5.74) is 6.73.